The SMILES string of the molecule is CC(Oc1cccc(C#N)c1)C(=O)Nc1ccc(NS(=O)(=O)c2ccc3c(c2)OCCO3)cc1. The van der Waals surface area contributed by atoms with Gasteiger partial charge in [0.15, 0.2) is 17.6 Å². The number of nitrogens with zero attached hydrogens (tertiary/aromatic N) is 1. The lowest BCUT2D eigenvalue weighted by molar-refractivity contribution is -0.122. The highest BCUT2D eigenvalue weighted by Gasteiger charge is 2.20. The Morgan fingerprint density at radius 2 is 1.71 bits per heavy atom. The molecular weight excluding hydrogens is 458 g/mol. The molecule has 1 aliphatic heterocycles. The zero-order chi connectivity index (χ0) is 24.1. The van der Waals surface area contributed by atoms with E-state index in [-0.39, 0.29) is 4.90 Å². The number of rotatable bonds is 7. The van der Waals surface area contributed by atoms with Crippen LogP contribution in [0.2, 0.25) is 0 Å². The van der Waals surface area contributed by atoms with Gasteiger partial charge in [0.05, 0.1) is 16.5 Å². The standard InChI is InChI=1S/C24H21N3O6S/c1-16(33-20-4-2-3-17(13-20)15-25)24(28)26-18-5-7-19(8-6-18)27-34(29,30)21-9-10-22-23(14-21)32-12-11-31-22/h2-10,13-14,16,27H,11-12H2,1H3,(H,26,28). The first-order valence-electron chi connectivity index (χ1n) is 10.3. The number of ether oxygens (including phenoxy) is 3. The van der Waals surface area contributed by atoms with Gasteiger partial charge in [0.1, 0.15) is 19.0 Å². The second-order valence-corrected chi connectivity index (χ2v) is 9.06. The number of sulfonamides is 1. The summed E-state index contributed by atoms with van der Waals surface area (Å²) in [6.45, 7) is 2.36. The van der Waals surface area contributed by atoms with Crippen LogP contribution in [0, 0.1) is 11.3 Å². The molecule has 0 aliphatic carbocycles. The number of anilines is 2. The first kappa shape index (κ1) is 22.9. The Kier molecular flexibility index (Phi) is 6.56. The Labute approximate surface area is 196 Å². The molecule has 1 aliphatic rings. The summed E-state index contributed by atoms with van der Waals surface area (Å²) in [6, 6.07) is 19.2. The van der Waals surface area contributed by atoms with Crippen LogP contribution in [-0.4, -0.2) is 33.6 Å². The minimum atomic E-state index is -3.85. The molecule has 0 aromatic heterocycles. The van der Waals surface area contributed by atoms with Gasteiger partial charge in [-0.2, -0.15) is 5.26 Å². The molecule has 0 fully saturated rings. The van der Waals surface area contributed by atoms with Crippen LogP contribution in [0.3, 0.4) is 0 Å². The molecule has 0 spiro atoms. The molecule has 174 valence electrons. The van der Waals surface area contributed by atoms with E-state index in [1.807, 2.05) is 6.07 Å². The summed E-state index contributed by atoms with van der Waals surface area (Å²) in [5.41, 5.74) is 1.22. The summed E-state index contributed by atoms with van der Waals surface area (Å²) in [5.74, 6) is 0.890. The van der Waals surface area contributed by atoms with Gasteiger partial charge < -0.3 is 19.5 Å². The molecule has 10 heteroatoms. The maximum Gasteiger partial charge on any atom is 0.265 e. The van der Waals surface area contributed by atoms with Crippen molar-refractivity contribution < 1.29 is 27.4 Å². The number of benzene rings is 3. The quantitative estimate of drug-likeness (QED) is 0.531. The number of carbonyl (C=O) groups excluding carboxylic acids is 1. The topological polar surface area (TPSA) is 127 Å². The van der Waals surface area contributed by atoms with Gasteiger partial charge in [-0.05, 0) is 61.5 Å². The van der Waals surface area contributed by atoms with Crippen molar-refractivity contribution in [2.75, 3.05) is 23.3 Å². The molecule has 1 unspecified atom stereocenters. The van der Waals surface area contributed by atoms with Crippen LogP contribution in [0.25, 0.3) is 0 Å². The van der Waals surface area contributed by atoms with E-state index in [1.54, 1.807) is 49.4 Å². The third-order valence-corrected chi connectivity index (χ3v) is 6.25. The Hall–Kier alpha value is -4.23. The van der Waals surface area contributed by atoms with E-state index in [9.17, 15) is 13.2 Å². The predicted octanol–water partition coefficient (Wildman–Crippen LogP) is 3.54. The zero-order valence-corrected chi connectivity index (χ0v) is 19.0. The minimum Gasteiger partial charge on any atom is -0.486 e. The lowest BCUT2D eigenvalue weighted by Crippen LogP contribution is -2.30. The van der Waals surface area contributed by atoms with E-state index in [1.165, 1.54) is 24.3 Å². The van der Waals surface area contributed by atoms with Crippen molar-refractivity contribution in [1.29, 1.82) is 5.26 Å². The first-order chi connectivity index (χ1) is 16.3. The molecular formula is C24H21N3O6S. The van der Waals surface area contributed by atoms with Crippen LogP contribution in [0.1, 0.15) is 12.5 Å². The van der Waals surface area contributed by atoms with E-state index in [4.69, 9.17) is 19.5 Å². The van der Waals surface area contributed by atoms with Crippen LogP contribution in [0.5, 0.6) is 17.2 Å². The van der Waals surface area contributed by atoms with Crippen molar-refractivity contribution in [3.05, 3.63) is 72.3 Å². The average Bonchev–Trinajstić information content (AvgIpc) is 2.84. The lowest BCUT2D eigenvalue weighted by atomic mass is 10.2. The maximum absolute atomic E-state index is 12.7. The molecule has 3 aromatic rings. The van der Waals surface area contributed by atoms with Crippen molar-refractivity contribution in [1.82, 2.24) is 0 Å². The number of hydrogen-bond donors (Lipinski definition) is 2. The highest BCUT2D eigenvalue weighted by atomic mass is 32.2. The molecule has 0 bridgehead atoms. The van der Waals surface area contributed by atoms with Crippen LogP contribution in [-0.2, 0) is 14.8 Å². The highest BCUT2D eigenvalue weighted by Crippen LogP contribution is 2.32. The normalized spacial score (nSPS) is 13.3. The van der Waals surface area contributed by atoms with Crippen molar-refractivity contribution in [3.63, 3.8) is 0 Å². The Morgan fingerprint density at radius 3 is 2.44 bits per heavy atom. The first-order valence-corrected chi connectivity index (χ1v) is 11.8. The van der Waals surface area contributed by atoms with Crippen LogP contribution in [0.4, 0.5) is 11.4 Å². The van der Waals surface area contributed by atoms with Crippen molar-refractivity contribution in [2.45, 2.75) is 17.9 Å². The smallest absolute Gasteiger partial charge is 0.265 e. The summed E-state index contributed by atoms with van der Waals surface area (Å²) < 4.78 is 44.5. The van der Waals surface area contributed by atoms with E-state index in [2.05, 4.69) is 10.0 Å². The van der Waals surface area contributed by atoms with Crippen molar-refractivity contribution in [3.8, 4) is 23.3 Å². The Balaban J connectivity index is 1.38. The summed E-state index contributed by atoms with van der Waals surface area (Å²) in [7, 11) is -3.85. The summed E-state index contributed by atoms with van der Waals surface area (Å²) in [6.07, 6.45) is -0.817. The van der Waals surface area contributed by atoms with Gasteiger partial charge in [0, 0.05) is 17.4 Å². The van der Waals surface area contributed by atoms with E-state index in [0.717, 1.165) is 0 Å². The number of fused-ring (bicyclic) bond motifs is 1. The molecule has 4 rings (SSSR count). The third kappa shape index (κ3) is 5.39. The third-order valence-electron chi connectivity index (χ3n) is 4.87. The van der Waals surface area contributed by atoms with E-state index in [0.29, 0.717) is 47.4 Å². The highest BCUT2D eigenvalue weighted by molar-refractivity contribution is 7.92. The van der Waals surface area contributed by atoms with Crippen LogP contribution in [0.15, 0.2) is 71.6 Å². The summed E-state index contributed by atoms with van der Waals surface area (Å²) in [5, 5.41) is 11.7. The zero-order valence-electron chi connectivity index (χ0n) is 18.1. The van der Waals surface area contributed by atoms with E-state index >= 15 is 0 Å². The average molecular weight is 480 g/mol. The number of carbonyl (C=O) groups is 1. The monoisotopic (exact) mass is 479 g/mol. The molecule has 2 N–H and O–H groups in total. The van der Waals surface area contributed by atoms with Crippen molar-refractivity contribution in [2.24, 2.45) is 0 Å². The van der Waals surface area contributed by atoms with Gasteiger partial charge in [-0.1, -0.05) is 6.07 Å². The van der Waals surface area contributed by atoms with Crippen LogP contribution < -0.4 is 24.2 Å². The van der Waals surface area contributed by atoms with Crippen LogP contribution >= 0.6 is 0 Å². The molecule has 1 atom stereocenters. The molecule has 0 radical (unpaired) electrons. The molecule has 1 amide bonds. The number of amides is 1. The molecule has 34 heavy (non-hydrogen) atoms. The second kappa shape index (κ2) is 9.72. The fourth-order valence-electron chi connectivity index (χ4n) is 3.17. The molecule has 1 heterocycles. The Bertz CT molecular complexity index is 1350. The van der Waals surface area contributed by atoms with Crippen molar-refractivity contribution >= 4 is 27.3 Å². The maximum atomic E-state index is 12.7. The van der Waals surface area contributed by atoms with Gasteiger partial charge in [-0.15, -0.1) is 0 Å². The van der Waals surface area contributed by atoms with Gasteiger partial charge in [0.2, 0.25) is 0 Å². The molecule has 0 saturated heterocycles. The Morgan fingerprint density at radius 1 is 1.00 bits per heavy atom. The molecule has 0 saturated carbocycles. The number of nitrogens with one attached hydrogen (secondary N) is 2. The number of hydrogen-bond acceptors (Lipinski definition) is 7. The largest absolute Gasteiger partial charge is 0.486 e. The van der Waals surface area contributed by atoms with Gasteiger partial charge in [-0.3, -0.25) is 9.52 Å². The van der Waals surface area contributed by atoms with Gasteiger partial charge in [0.25, 0.3) is 15.9 Å². The summed E-state index contributed by atoms with van der Waals surface area (Å²) in [4.78, 5) is 12.5. The van der Waals surface area contributed by atoms with Gasteiger partial charge >= 0.3 is 0 Å². The van der Waals surface area contributed by atoms with Gasteiger partial charge in [-0.25, -0.2) is 8.42 Å². The fourth-order valence-corrected chi connectivity index (χ4v) is 4.24. The second-order valence-electron chi connectivity index (χ2n) is 7.38. The minimum absolute atomic E-state index is 0.0422. The summed E-state index contributed by atoms with van der Waals surface area (Å²) >= 11 is 0. The lowest BCUT2D eigenvalue weighted by Gasteiger charge is -2.19. The predicted molar refractivity (Wildman–Crippen MR) is 125 cm³/mol. The molecule has 9 nitrogen and oxygen atoms in total. The van der Waals surface area contributed by atoms with E-state index < -0.39 is 22.0 Å². The fraction of sp³-hybridized carbons (Fsp3) is 0.167. The molecule has 3 aromatic carbocycles. The number of nitriles is 1.